The molecule has 0 unspecified atom stereocenters. The van der Waals surface area contributed by atoms with Crippen molar-refractivity contribution in [1.82, 2.24) is 0 Å². The average molecular weight is 671 g/mol. The smallest absolute Gasteiger partial charge is 0.153 e. The molecule has 0 bridgehead atoms. The molecule has 1 aromatic heterocycles. The van der Waals surface area contributed by atoms with E-state index in [0.29, 0.717) is 6.61 Å². The summed E-state index contributed by atoms with van der Waals surface area (Å²) in [5.41, 5.74) is 11.3. The van der Waals surface area contributed by atoms with Crippen LogP contribution in [0.3, 0.4) is 0 Å². The van der Waals surface area contributed by atoms with E-state index in [9.17, 15) is 0 Å². The Morgan fingerprint density at radius 1 is 0.481 bits per heavy atom. The molecule has 0 aliphatic rings. The van der Waals surface area contributed by atoms with Crippen LogP contribution in [0.15, 0.2) is 191 Å². The molecule has 0 spiro atoms. The van der Waals surface area contributed by atoms with Crippen molar-refractivity contribution in [2.75, 3.05) is 4.90 Å². The monoisotopic (exact) mass is 670 g/mol. The molecule has 0 fully saturated rings. The molecular formula is C48H34N2O2. The summed E-state index contributed by atoms with van der Waals surface area (Å²) in [5, 5.41) is 4.29. The minimum atomic E-state index is 0.448. The topological polar surface area (TPSA) is 38.0 Å². The average Bonchev–Trinajstić information content (AvgIpc) is 3.59. The second kappa shape index (κ2) is 13.4. The van der Waals surface area contributed by atoms with Gasteiger partial charge < -0.3 is 14.1 Å². The zero-order chi connectivity index (χ0) is 34.9. The van der Waals surface area contributed by atoms with Gasteiger partial charge in [0.05, 0.1) is 0 Å². The van der Waals surface area contributed by atoms with Crippen LogP contribution in [0.2, 0.25) is 0 Å². The third-order valence-electron chi connectivity index (χ3n) is 9.68. The van der Waals surface area contributed by atoms with E-state index < -0.39 is 0 Å². The van der Waals surface area contributed by atoms with E-state index >= 15 is 0 Å². The SMILES string of the molecule is C=Nc1ccc2c(-c3ccc(N(c4ccc(-c5ccccc5)cc4)c4ccc5oc6ccccc6c5c4)cc3)cccc2c1OCc1ccccc1. The van der Waals surface area contributed by atoms with Crippen molar-refractivity contribution in [3.63, 3.8) is 0 Å². The van der Waals surface area contributed by atoms with Crippen molar-refractivity contribution in [3.8, 4) is 28.0 Å². The molecule has 9 aromatic rings. The molecule has 0 aliphatic carbocycles. The zero-order valence-corrected chi connectivity index (χ0v) is 28.4. The van der Waals surface area contributed by atoms with Crippen LogP contribution in [-0.2, 0) is 6.61 Å². The van der Waals surface area contributed by atoms with Crippen molar-refractivity contribution in [3.05, 3.63) is 188 Å². The number of hydrogen-bond acceptors (Lipinski definition) is 4. The van der Waals surface area contributed by atoms with Crippen LogP contribution in [0, 0.1) is 0 Å². The molecule has 0 saturated carbocycles. The molecule has 52 heavy (non-hydrogen) atoms. The van der Waals surface area contributed by atoms with E-state index in [1.165, 1.54) is 11.1 Å². The van der Waals surface area contributed by atoms with Gasteiger partial charge in [-0.05, 0) is 94.5 Å². The van der Waals surface area contributed by atoms with Crippen LogP contribution in [0.5, 0.6) is 5.75 Å². The maximum absolute atomic E-state index is 6.41. The number of rotatable bonds is 9. The molecule has 8 aromatic carbocycles. The fourth-order valence-corrected chi connectivity index (χ4v) is 7.10. The first-order chi connectivity index (χ1) is 25.7. The lowest BCUT2D eigenvalue weighted by atomic mass is 9.97. The second-order valence-corrected chi connectivity index (χ2v) is 12.8. The van der Waals surface area contributed by atoms with E-state index in [-0.39, 0.29) is 0 Å². The number of hydrogen-bond donors (Lipinski definition) is 0. The summed E-state index contributed by atoms with van der Waals surface area (Å²) >= 11 is 0. The summed E-state index contributed by atoms with van der Waals surface area (Å²) in [6.45, 7) is 4.27. The number of anilines is 3. The molecule has 4 heteroatoms. The maximum atomic E-state index is 6.41. The molecule has 1 heterocycles. The van der Waals surface area contributed by atoms with Gasteiger partial charge in [-0.3, -0.25) is 4.99 Å². The Hall–Kier alpha value is -6.91. The van der Waals surface area contributed by atoms with Crippen LogP contribution < -0.4 is 9.64 Å². The van der Waals surface area contributed by atoms with Gasteiger partial charge in [-0.15, -0.1) is 0 Å². The minimum absolute atomic E-state index is 0.448. The lowest BCUT2D eigenvalue weighted by Gasteiger charge is -2.26. The first-order valence-corrected chi connectivity index (χ1v) is 17.4. The van der Waals surface area contributed by atoms with Crippen LogP contribution in [-0.4, -0.2) is 6.72 Å². The van der Waals surface area contributed by atoms with Crippen LogP contribution in [0.4, 0.5) is 22.7 Å². The molecule has 0 aliphatic heterocycles. The Kier molecular flexibility index (Phi) is 8.03. The Labute approximate surface area is 302 Å². The van der Waals surface area contributed by atoms with Crippen molar-refractivity contribution in [2.24, 2.45) is 4.99 Å². The van der Waals surface area contributed by atoms with Crippen LogP contribution in [0.25, 0.3) is 55.0 Å². The third-order valence-corrected chi connectivity index (χ3v) is 9.68. The van der Waals surface area contributed by atoms with Gasteiger partial charge in [0.2, 0.25) is 0 Å². The number of benzene rings is 8. The first-order valence-electron chi connectivity index (χ1n) is 17.4. The minimum Gasteiger partial charge on any atom is -0.486 e. The van der Waals surface area contributed by atoms with Crippen molar-refractivity contribution >= 4 is 62.2 Å². The molecule has 0 N–H and O–H groups in total. The normalized spacial score (nSPS) is 11.2. The summed E-state index contributed by atoms with van der Waals surface area (Å²) in [6, 6.07) is 63.3. The van der Waals surface area contributed by atoms with Gasteiger partial charge in [-0.1, -0.05) is 127 Å². The van der Waals surface area contributed by atoms with Crippen molar-refractivity contribution in [2.45, 2.75) is 6.61 Å². The summed E-state index contributed by atoms with van der Waals surface area (Å²) in [4.78, 5) is 6.60. The molecule has 4 nitrogen and oxygen atoms in total. The number of nitrogens with zero attached hydrogens (tertiary/aromatic N) is 2. The number of aliphatic imine (C=N–C) groups is 1. The zero-order valence-electron chi connectivity index (χ0n) is 28.4. The van der Waals surface area contributed by atoms with Gasteiger partial charge in [0.25, 0.3) is 0 Å². The molecule has 9 rings (SSSR count). The Bertz CT molecular complexity index is 2680. The van der Waals surface area contributed by atoms with Gasteiger partial charge >= 0.3 is 0 Å². The molecule has 248 valence electrons. The predicted molar refractivity (Wildman–Crippen MR) is 217 cm³/mol. The van der Waals surface area contributed by atoms with E-state index in [1.54, 1.807) is 0 Å². The van der Waals surface area contributed by atoms with E-state index in [4.69, 9.17) is 9.15 Å². The maximum Gasteiger partial charge on any atom is 0.153 e. The van der Waals surface area contributed by atoms with Gasteiger partial charge in [0, 0.05) is 33.2 Å². The van der Waals surface area contributed by atoms with Gasteiger partial charge in [0.1, 0.15) is 23.5 Å². The highest BCUT2D eigenvalue weighted by molar-refractivity contribution is 6.07. The molecule has 0 radical (unpaired) electrons. The predicted octanol–water partition coefficient (Wildman–Crippen LogP) is 13.5. The highest BCUT2D eigenvalue weighted by Gasteiger charge is 2.17. The molecular weight excluding hydrogens is 637 g/mol. The molecule has 0 saturated heterocycles. The van der Waals surface area contributed by atoms with E-state index in [0.717, 1.165) is 77.9 Å². The van der Waals surface area contributed by atoms with Gasteiger partial charge in [-0.2, -0.15) is 0 Å². The Balaban J connectivity index is 1.12. The van der Waals surface area contributed by atoms with Crippen molar-refractivity contribution in [1.29, 1.82) is 0 Å². The van der Waals surface area contributed by atoms with Crippen LogP contribution in [0.1, 0.15) is 5.56 Å². The van der Waals surface area contributed by atoms with Crippen molar-refractivity contribution < 1.29 is 9.15 Å². The molecule has 0 amide bonds. The summed E-state index contributed by atoms with van der Waals surface area (Å²) in [5.74, 6) is 0.738. The highest BCUT2D eigenvalue weighted by atomic mass is 16.5. The summed E-state index contributed by atoms with van der Waals surface area (Å²) < 4.78 is 12.6. The molecule has 0 atom stereocenters. The van der Waals surface area contributed by atoms with E-state index in [1.807, 2.05) is 42.5 Å². The lowest BCUT2D eigenvalue weighted by Crippen LogP contribution is -2.09. The first kappa shape index (κ1) is 31.1. The lowest BCUT2D eigenvalue weighted by molar-refractivity contribution is 0.311. The van der Waals surface area contributed by atoms with E-state index in [2.05, 4.69) is 156 Å². The fourth-order valence-electron chi connectivity index (χ4n) is 7.10. The Morgan fingerprint density at radius 3 is 1.85 bits per heavy atom. The highest BCUT2D eigenvalue weighted by Crippen LogP contribution is 2.43. The standard InChI is InChI=1S/C48H34N2O2/c1-49-45-29-28-41-40(16-10-17-43(41)48(45)51-32-33-11-4-2-5-12-33)36-21-25-38(26-22-36)50(37-23-19-35(20-24-37)34-13-6-3-7-14-34)39-27-30-47-44(31-39)42-15-8-9-18-46(42)52-47/h2-31H,1,32H2. The third kappa shape index (κ3) is 5.76. The number of ether oxygens (including phenoxy) is 1. The number of furan rings is 1. The number of para-hydroxylation sites is 1. The number of fused-ring (bicyclic) bond motifs is 4. The van der Waals surface area contributed by atoms with Crippen LogP contribution >= 0.6 is 0 Å². The summed E-state index contributed by atoms with van der Waals surface area (Å²) in [6.07, 6.45) is 0. The van der Waals surface area contributed by atoms with Gasteiger partial charge in [-0.25, -0.2) is 0 Å². The largest absolute Gasteiger partial charge is 0.486 e. The Morgan fingerprint density at radius 2 is 1.10 bits per heavy atom. The fraction of sp³-hybridized carbons (Fsp3) is 0.0208. The second-order valence-electron chi connectivity index (χ2n) is 12.8. The van der Waals surface area contributed by atoms with Gasteiger partial charge in [0.15, 0.2) is 5.75 Å². The quantitative estimate of drug-likeness (QED) is 0.143. The summed E-state index contributed by atoms with van der Waals surface area (Å²) in [7, 11) is 0.